The first-order chi connectivity index (χ1) is 18.4. The number of aliphatic carboxylic acids is 1. The van der Waals surface area contributed by atoms with Gasteiger partial charge in [0.25, 0.3) is 5.91 Å². The van der Waals surface area contributed by atoms with Gasteiger partial charge in [-0.1, -0.05) is 86.3 Å². The molecule has 3 aromatic rings. The Morgan fingerprint density at radius 1 is 0.816 bits per heavy atom. The number of carbonyl (C=O) groups excluding carboxylic acids is 1. The van der Waals surface area contributed by atoms with Crippen LogP contribution in [0, 0.1) is 5.92 Å². The monoisotopic (exact) mass is 514 g/mol. The number of hydrogen-bond donors (Lipinski definition) is 4. The molecule has 1 saturated carbocycles. The maximum absolute atomic E-state index is 13.0. The molecule has 4 rings (SSSR count). The number of nitrogens with two attached hydrogens (primary N) is 1. The Morgan fingerprint density at radius 3 is 1.92 bits per heavy atom. The first-order valence-corrected chi connectivity index (χ1v) is 13.6. The van der Waals surface area contributed by atoms with Crippen molar-refractivity contribution in [3.63, 3.8) is 0 Å². The second-order valence-electron chi connectivity index (χ2n) is 10.4. The number of benzene rings is 3. The van der Waals surface area contributed by atoms with E-state index in [1.807, 2.05) is 24.3 Å². The summed E-state index contributed by atoms with van der Waals surface area (Å²) < 4.78 is 0. The minimum absolute atomic E-state index is 0.0387. The Labute approximate surface area is 224 Å². The van der Waals surface area contributed by atoms with Crippen LogP contribution in [-0.2, 0) is 17.8 Å². The molecule has 1 fully saturated rings. The van der Waals surface area contributed by atoms with Gasteiger partial charge < -0.3 is 21.3 Å². The van der Waals surface area contributed by atoms with Gasteiger partial charge in [-0.3, -0.25) is 9.59 Å². The first-order valence-electron chi connectivity index (χ1n) is 13.6. The van der Waals surface area contributed by atoms with Crippen LogP contribution in [0.15, 0.2) is 72.8 Å². The Morgan fingerprint density at radius 2 is 1.37 bits per heavy atom. The van der Waals surface area contributed by atoms with E-state index >= 15 is 0 Å². The van der Waals surface area contributed by atoms with Crippen LogP contribution in [-0.4, -0.2) is 34.7 Å². The molecule has 6 nitrogen and oxygen atoms in total. The minimum Gasteiger partial charge on any atom is -0.480 e. The van der Waals surface area contributed by atoms with E-state index in [0.29, 0.717) is 18.0 Å². The van der Waals surface area contributed by atoms with Crippen molar-refractivity contribution in [2.45, 2.75) is 63.5 Å². The SMILES string of the molecule is N[C@@H](Cc1ccc(C(=O)NC[C@@H](c2ccc(-c3ccc(CO)cc3)cc2)C2CCCCCC2)cc1)C(=O)O. The van der Waals surface area contributed by atoms with Crippen molar-refractivity contribution < 1.29 is 19.8 Å². The summed E-state index contributed by atoms with van der Waals surface area (Å²) in [6, 6.07) is 22.7. The minimum atomic E-state index is -1.04. The number of aliphatic hydroxyl groups excluding tert-OH is 1. The summed E-state index contributed by atoms with van der Waals surface area (Å²) in [6.07, 6.45) is 7.57. The summed E-state index contributed by atoms with van der Waals surface area (Å²) in [5.74, 6) is -0.412. The zero-order valence-electron chi connectivity index (χ0n) is 21.8. The molecule has 200 valence electrons. The van der Waals surface area contributed by atoms with Gasteiger partial charge in [-0.15, -0.1) is 0 Å². The van der Waals surface area contributed by atoms with Gasteiger partial charge in [-0.25, -0.2) is 0 Å². The lowest BCUT2D eigenvalue weighted by Crippen LogP contribution is -2.32. The fraction of sp³-hybridized carbons (Fsp3) is 0.375. The average Bonchev–Trinajstić information content (AvgIpc) is 3.23. The summed E-state index contributed by atoms with van der Waals surface area (Å²) in [5, 5.41) is 21.5. The molecular weight excluding hydrogens is 476 g/mol. The third-order valence-electron chi connectivity index (χ3n) is 7.75. The second-order valence-corrected chi connectivity index (χ2v) is 10.4. The van der Waals surface area contributed by atoms with Crippen LogP contribution in [0.1, 0.15) is 71.5 Å². The molecule has 0 radical (unpaired) electrons. The summed E-state index contributed by atoms with van der Waals surface area (Å²) >= 11 is 0. The fourth-order valence-corrected chi connectivity index (χ4v) is 5.43. The molecule has 0 saturated heterocycles. The highest BCUT2D eigenvalue weighted by molar-refractivity contribution is 5.94. The molecule has 1 aliphatic rings. The molecule has 0 heterocycles. The number of nitrogens with one attached hydrogen (secondary N) is 1. The number of hydrogen-bond acceptors (Lipinski definition) is 4. The third-order valence-corrected chi connectivity index (χ3v) is 7.75. The van der Waals surface area contributed by atoms with Crippen LogP contribution in [0.3, 0.4) is 0 Å². The van der Waals surface area contributed by atoms with E-state index in [9.17, 15) is 14.7 Å². The van der Waals surface area contributed by atoms with Crippen molar-refractivity contribution >= 4 is 11.9 Å². The smallest absolute Gasteiger partial charge is 0.320 e. The number of carboxylic acids is 1. The predicted octanol–water partition coefficient (Wildman–Crippen LogP) is 5.28. The maximum atomic E-state index is 13.0. The molecular formula is C32H38N2O4. The Balaban J connectivity index is 1.46. The molecule has 0 aliphatic heterocycles. The Hall–Kier alpha value is -3.48. The molecule has 0 unspecified atom stereocenters. The van der Waals surface area contributed by atoms with Crippen LogP contribution in [0.4, 0.5) is 0 Å². The van der Waals surface area contributed by atoms with Gasteiger partial charge in [0.1, 0.15) is 6.04 Å². The third kappa shape index (κ3) is 7.30. The summed E-state index contributed by atoms with van der Waals surface area (Å²) in [5.41, 5.74) is 11.4. The van der Waals surface area contributed by atoms with Gasteiger partial charge in [0, 0.05) is 18.0 Å². The molecule has 3 aromatic carbocycles. The van der Waals surface area contributed by atoms with E-state index in [-0.39, 0.29) is 24.9 Å². The number of aliphatic hydroxyl groups is 1. The Kier molecular flexibility index (Phi) is 9.68. The van der Waals surface area contributed by atoms with Gasteiger partial charge in [0.2, 0.25) is 0 Å². The van der Waals surface area contributed by atoms with E-state index in [1.165, 1.54) is 44.1 Å². The van der Waals surface area contributed by atoms with E-state index in [4.69, 9.17) is 10.8 Å². The maximum Gasteiger partial charge on any atom is 0.320 e. The summed E-state index contributed by atoms with van der Waals surface area (Å²) in [4.78, 5) is 24.0. The highest BCUT2D eigenvalue weighted by atomic mass is 16.4. The summed E-state index contributed by atoms with van der Waals surface area (Å²) in [7, 11) is 0. The van der Waals surface area contributed by atoms with Gasteiger partial charge in [0.05, 0.1) is 6.61 Å². The molecule has 5 N–H and O–H groups in total. The highest BCUT2D eigenvalue weighted by Crippen LogP contribution is 2.36. The average molecular weight is 515 g/mol. The van der Waals surface area contributed by atoms with Crippen molar-refractivity contribution in [1.29, 1.82) is 0 Å². The Bertz CT molecular complexity index is 1180. The van der Waals surface area contributed by atoms with E-state index < -0.39 is 12.0 Å². The van der Waals surface area contributed by atoms with Gasteiger partial charge in [-0.2, -0.15) is 0 Å². The van der Waals surface area contributed by atoms with E-state index in [1.54, 1.807) is 24.3 Å². The van der Waals surface area contributed by atoms with Crippen LogP contribution in [0.5, 0.6) is 0 Å². The molecule has 2 atom stereocenters. The summed E-state index contributed by atoms with van der Waals surface area (Å²) in [6.45, 7) is 0.608. The number of carbonyl (C=O) groups is 2. The fourth-order valence-electron chi connectivity index (χ4n) is 5.43. The molecule has 0 aromatic heterocycles. The first kappa shape index (κ1) is 27.6. The van der Waals surface area contributed by atoms with Crippen LogP contribution in [0.25, 0.3) is 11.1 Å². The number of carboxylic acid groups (broad SMARTS) is 1. The van der Waals surface area contributed by atoms with E-state index in [2.05, 4.69) is 29.6 Å². The standard InChI is InChI=1S/C32H38N2O4/c33-30(32(37)38)19-22-7-13-28(14-8-22)31(36)34-20-29(26-5-3-1-2-4-6-26)27-17-15-25(16-18-27)24-11-9-23(21-35)10-12-24/h7-18,26,29-30,35H,1-6,19-21,33H2,(H,34,36)(H,37,38)/t29-,30+/m1/s1. The second kappa shape index (κ2) is 13.4. The highest BCUT2D eigenvalue weighted by Gasteiger charge is 2.25. The predicted molar refractivity (Wildman–Crippen MR) is 150 cm³/mol. The van der Waals surface area contributed by atoms with Crippen molar-refractivity contribution in [1.82, 2.24) is 5.32 Å². The lowest BCUT2D eigenvalue weighted by molar-refractivity contribution is -0.138. The largest absolute Gasteiger partial charge is 0.480 e. The van der Waals surface area contributed by atoms with Gasteiger partial charge in [0.15, 0.2) is 0 Å². The molecule has 6 heteroatoms. The van der Waals surface area contributed by atoms with E-state index in [0.717, 1.165) is 22.3 Å². The molecule has 1 aliphatic carbocycles. The topological polar surface area (TPSA) is 113 Å². The lowest BCUT2D eigenvalue weighted by atomic mass is 9.81. The molecule has 38 heavy (non-hydrogen) atoms. The zero-order chi connectivity index (χ0) is 26.9. The normalized spacial score (nSPS) is 15.8. The van der Waals surface area contributed by atoms with Gasteiger partial charge in [-0.05, 0) is 65.1 Å². The number of amides is 1. The van der Waals surface area contributed by atoms with Crippen molar-refractivity contribution in [2.75, 3.05) is 6.54 Å². The zero-order valence-corrected chi connectivity index (χ0v) is 21.8. The van der Waals surface area contributed by atoms with Crippen molar-refractivity contribution in [3.8, 4) is 11.1 Å². The van der Waals surface area contributed by atoms with Crippen molar-refractivity contribution in [3.05, 3.63) is 95.1 Å². The van der Waals surface area contributed by atoms with Crippen LogP contribution < -0.4 is 11.1 Å². The molecule has 0 bridgehead atoms. The molecule has 0 spiro atoms. The number of rotatable bonds is 10. The van der Waals surface area contributed by atoms with Crippen molar-refractivity contribution in [2.24, 2.45) is 11.7 Å². The quantitative estimate of drug-likeness (QED) is 0.275. The lowest BCUT2D eigenvalue weighted by Gasteiger charge is -2.27. The van der Waals surface area contributed by atoms with Gasteiger partial charge >= 0.3 is 5.97 Å². The van der Waals surface area contributed by atoms with Crippen LogP contribution in [0.2, 0.25) is 0 Å². The molecule has 1 amide bonds. The van der Waals surface area contributed by atoms with Crippen LogP contribution >= 0.6 is 0 Å².